The van der Waals surface area contributed by atoms with Crippen molar-refractivity contribution in [2.45, 2.75) is 302 Å². The molecule has 0 heterocycles. The molecule has 6 nitrogen and oxygen atoms in total. The van der Waals surface area contributed by atoms with Crippen molar-refractivity contribution < 1.29 is 24.5 Å². The summed E-state index contributed by atoms with van der Waals surface area (Å²) >= 11 is 0. The summed E-state index contributed by atoms with van der Waals surface area (Å²) in [5.41, 5.74) is 0. The molecule has 374 valence electrons. The lowest BCUT2D eigenvalue weighted by molar-refractivity contribution is -0.151. The molecule has 0 aromatic carbocycles. The monoisotopic (exact) mass is 898 g/mol. The van der Waals surface area contributed by atoms with Crippen molar-refractivity contribution in [3.63, 3.8) is 0 Å². The Morgan fingerprint density at radius 3 is 1.27 bits per heavy atom. The van der Waals surface area contributed by atoms with Gasteiger partial charge < -0.3 is 20.3 Å². The predicted molar refractivity (Wildman–Crippen MR) is 278 cm³/mol. The molecule has 0 radical (unpaired) electrons. The van der Waals surface area contributed by atoms with E-state index in [1.165, 1.54) is 161 Å². The Labute approximate surface area is 397 Å². The first-order valence-corrected chi connectivity index (χ1v) is 27.9. The van der Waals surface area contributed by atoms with Gasteiger partial charge in [0.25, 0.3) is 0 Å². The number of hydrogen-bond acceptors (Lipinski definition) is 5. The number of aliphatic hydroxyl groups is 2. The Morgan fingerprint density at radius 1 is 0.453 bits per heavy atom. The fourth-order valence-electron chi connectivity index (χ4n) is 8.43. The van der Waals surface area contributed by atoms with E-state index in [4.69, 9.17) is 4.74 Å². The van der Waals surface area contributed by atoms with Crippen LogP contribution in [0.4, 0.5) is 0 Å². The average Bonchev–Trinajstić information content (AvgIpc) is 3.29. The van der Waals surface area contributed by atoms with Gasteiger partial charge in [-0.1, -0.05) is 249 Å². The van der Waals surface area contributed by atoms with Gasteiger partial charge in [0.05, 0.1) is 25.2 Å². The van der Waals surface area contributed by atoms with Crippen molar-refractivity contribution >= 4 is 11.9 Å². The summed E-state index contributed by atoms with van der Waals surface area (Å²) in [7, 11) is 0. The van der Waals surface area contributed by atoms with E-state index < -0.39 is 18.2 Å². The first-order chi connectivity index (χ1) is 31.5. The van der Waals surface area contributed by atoms with Gasteiger partial charge in [-0.15, -0.1) is 0 Å². The molecular weight excluding hydrogens is 791 g/mol. The summed E-state index contributed by atoms with van der Waals surface area (Å²) in [6, 6.07) is -0.714. The van der Waals surface area contributed by atoms with Crippen LogP contribution >= 0.6 is 0 Å². The third-order valence-electron chi connectivity index (χ3n) is 12.7. The molecule has 64 heavy (non-hydrogen) atoms. The molecule has 0 saturated carbocycles. The van der Waals surface area contributed by atoms with E-state index in [9.17, 15) is 19.8 Å². The Morgan fingerprint density at radius 2 is 0.828 bits per heavy atom. The molecule has 0 saturated heterocycles. The number of rotatable bonds is 50. The van der Waals surface area contributed by atoms with Crippen molar-refractivity contribution in [1.82, 2.24) is 5.32 Å². The van der Waals surface area contributed by atoms with Gasteiger partial charge in [0.2, 0.25) is 5.91 Å². The average molecular weight is 898 g/mol. The molecule has 0 aromatic heterocycles. The molecule has 0 rings (SSSR count). The predicted octanol–water partition coefficient (Wildman–Crippen LogP) is 17.0. The number of carbonyl (C=O) groups is 2. The van der Waals surface area contributed by atoms with Crippen LogP contribution < -0.4 is 5.32 Å². The molecule has 0 aliphatic heterocycles. The molecule has 1 amide bonds. The van der Waals surface area contributed by atoms with Gasteiger partial charge in [-0.2, -0.15) is 0 Å². The molecular formula is C58H107NO5. The summed E-state index contributed by atoms with van der Waals surface area (Å²) in [6.07, 6.45) is 63.2. The number of unbranched alkanes of at least 4 members (excludes halogenated alkanes) is 32. The van der Waals surface area contributed by atoms with Crippen LogP contribution in [-0.2, 0) is 14.3 Å². The van der Waals surface area contributed by atoms with E-state index in [0.717, 1.165) is 77.0 Å². The first-order valence-electron chi connectivity index (χ1n) is 27.9. The molecule has 3 N–H and O–H groups in total. The molecule has 3 atom stereocenters. The quantitative estimate of drug-likeness (QED) is 0.0245. The van der Waals surface area contributed by atoms with Gasteiger partial charge in [0.1, 0.15) is 6.10 Å². The standard InChI is InChI=1S/C58H107NO5/c1-4-7-10-13-16-19-22-24-26-28-29-31-33-36-39-42-45-48-51-58(63)64-54(49-46-43-40-37-34-21-18-15-12-9-6-3)52-57(62)59-55(53-60)56(61)50-47-44-41-38-35-32-30-27-25-23-20-17-14-11-8-5-2/h22,24,26,28-29,31,37,40,54-56,60-61H,4-21,23,25,27,30,32-36,38-39,41-53H2,1-3H3,(H,59,62)/b24-22+,28-26+,31-29+,40-37-. The van der Waals surface area contributed by atoms with Gasteiger partial charge >= 0.3 is 5.97 Å². The molecule has 0 aliphatic rings. The molecule has 0 aromatic rings. The van der Waals surface area contributed by atoms with Crippen LogP contribution in [0.1, 0.15) is 284 Å². The van der Waals surface area contributed by atoms with E-state index in [0.29, 0.717) is 19.3 Å². The van der Waals surface area contributed by atoms with E-state index in [-0.39, 0.29) is 24.9 Å². The Balaban J connectivity index is 4.53. The van der Waals surface area contributed by atoms with Crippen molar-refractivity contribution in [1.29, 1.82) is 0 Å². The number of allylic oxidation sites excluding steroid dienone is 8. The number of ether oxygens (including phenoxy) is 1. The minimum absolute atomic E-state index is 0.0492. The Hall–Kier alpha value is -2.18. The zero-order chi connectivity index (χ0) is 46.7. The highest BCUT2D eigenvalue weighted by atomic mass is 16.5. The normalized spacial score (nSPS) is 13.5. The number of esters is 1. The van der Waals surface area contributed by atoms with Crippen LogP contribution in [0, 0.1) is 0 Å². The molecule has 6 heteroatoms. The van der Waals surface area contributed by atoms with Gasteiger partial charge in [0.15, 0.2) is 0 Å². The lowest BCUT2D eigenvalue weighted by atomic mass is 10.0. The maximum absolute atomic E-state index is 13.2. The minimum atomic E-state index is -0.798. The van der Waals surface area contributed by atoms with E-state index in [2.05, 4.69) is 74.7 Å². The number of amides is 1. The fraction of sp³-hybridized carbons (Fsp3) is 0.828. The van der Waals surface area contributed by atoms with Crippen LogP contribution in [0.25, 0.3) is 0 Å². The first kappa shape index (κ1) is 61.8. The summed E-state index contributed by atoms with van der Waals surface area (Å²) in [5, 5.41) is 23.8. The molecule has 3 unspecified atom stereocenters. The highest BCUT2D eigenvalue weighted by Gasteiger charge is 2.24. The van der Waals surface area contributed by atoms with Crippen LogP contribution in [0.2, 0.25) is 0 Å². The third kappa shape index (κ3) is 46.4. The van der Waals surface area contributed by atoms with Gasteiger partial charge in [-0.3, -0.25) is 9.59 Å². The third-order valence-corrected chi connectivity index (χ3v) is 12.7. The van der Waals surface area contributed by atoms with Crippen molar-refractivity contribution in [3.8, 4) is 0 Å². The zero-order valence-corrected chi connectivity index (χ0v) is 42.7. The Kier molecular flexibility index (Phi) is 50.0. The Bertz CT molecular complexity index is 1100. The summed E-state index contributed by atoms with van der Waals surface area (Å²) < 4.78 is 5.92. The molecule has 0 spiro atoms. The smallest absolute Gasteiger partial charge is 0.306 e. The maximum atomic E-state index is 13.2. The van der Waals surface area contributed by atoms with E-state index >= 15 is 0 Å². The molecule has 0 aliphatic carbocycles. The SMILES string of the molecule is CCCCCCC/C=C/C=C/C=C/CCCCCCCC(=O)OC(CCC/C=C\CCCCCCCC)CC(=O)NC(CO)C(O)CCCCCCCCCCCCCCCCCC. The van der Waals surface area contributed by atoms with Gasteiger partial charge in [0, 0.05) is 6.42 Å². The van der Waals surface area contributed by atoms with Crippen molar-refractivity contribution in [2.75, 3.05) is 6.61 Å². The summed E-state index contributed by atoms with van der Waals surface area (Å²) in [6.45, 7) is 6.47. The van der Waals surface area contributed by atoms with Crippen molar-refractivity contribution in [3.05, 3.63) is 48.6 Å². The lowest BCUT2D eigenvalue weighted by Gasteiger charge is -2.24. The second-order valence-corrected chi connectivity index (χ2v) is 19.0. The summed E-state index contributed by atoms with van der Waals surface area (Å²) in [4.78, 5) is 26.2. The summed E-state index contributed by atoms with van der Waals surface area (Å²) in [5.74, 6) is -0.519. The topological polar surface area (TPSA) is 95.9 Å². The number of nitrogens with one attached hydrogen (secondary N) is 1. The largest absolute Gasteiger partial charge is 0.462 e. The van der Waals surface area contributed by atoms with Crippen LogP contribution in [0.3, 0.4) is 0 Å². The van der Waals surface area contributed by atoms with E-state index in [1.807, 2.05) is 0 Å². The zero-order valence-electron chi connectivity index (χ0n) is 42.7. The number of hydrogen-bond donors (Lipinski definition) is 3. The second-order valence-electron chi connectivity index (χ2n) is 19.0. The van der Waals surface area contributed by atoms with Gasteiger partial charge in [-0.05, 0) is 70.6 Å². The highest BCUT2D eigenvalue weighted by Crippen LogP contribution is 2.17. The molecule has 0 fully saturated rings. The van der Waals surface area contributed by atoms with Gasteiger partial charge in [-0.25, -0.2) is 0 Å². The van der Waals surface area contributed by atoms with Crippen LogP contribution in [-0.4, -0.2) is 46.9 Å². The fourth-order valence-corrected chi connectivity index (χ4v) is 8.43. The molecule has 0 bridgehead atoms. The minimum Gasteiger partial charge on any atom is -0.462 e. The van der Waals surface area contributed by atoms with Crippen LogP contribution in [0.5, 0.6) is 0 Å². The maximum Gasteiger partial charge on any atom is 0.306 e. The number of aliphatic hydroxyl groups excluding tert-OH is 2. The highest BCUT2D eigenvalue weighted by molar-refractivity contribution is 5.77. The lowest BCUT2D eigenvalue weighted by Crippen LogP contribution is -2.46. The number of carbonyl (C=O) groups excluding carboxylic acids is 2. The second kappa shape index (κ2) is 51.8. The van der Waals surface area contributed by atoms with E-state index in [1.54, 1.807) is 0 Å². The van der Waals surface area contributed by atoms with Crippen molar-refractivity contribution in [2.24, 2.45) is 0 Å². The van der Waals surface area contributed by atoms with Crippen LogP contribution in [0.15, 0.2) is 48.6 Å².